The zero-order chi connectivity index (χ0) is 21.6. The number of rotatable bonds is 6. The van der Waals surface area contributed by atoms with Crippen LogP contribution in [0.25, 0.3) is 0 Å². The molecule has 0 aromatic heterocycles. The normalized spacial score (nSPS) is 11.7. The van der Waals surface area contributed by atoms with Crippen molar-refractivity contribution in [1.82, 2.24) is 0 Å². The predicted octanol–water partition coefficient (Wildman–Crippen LogP) is 3.54. The second kappa shape index (κ2) is 9.08. The lowest BCUT2D eigenvalue weighted by Crippen LogP contribution is -2.16. The molecule has 2 rings (SSSR count). The van der Waals surface area contributed by atoms with E-state index in [0.29, 0.717) is 22.8 Å². The molecule has 0 aliphatic carbocycles. The monoisotopic (exact) mass is 397 g/mol. The molecular weight excluding hydrogens is 378 g/mol. The molecule has 0 aliphatic heterocycles. The third-order valence-electron chi connectivity index (χ3n) is 3.48. The number of nitrogens with two attached hydrogens (primary N) is 1. The average molecular weight is 397 g/mol. The van der Waals surface area contributed by atoms with Gasteiger partial charge in [-0.15, -0.1) is 0 Å². The number of guanidine groups is 1. The van der Waals surface area contributed by atoms with Crippen LogP contribution in [-0.4, -0.2) is 21.6 Å². The van der Waals surface area contributed by atoms with E-state index in [1.807, 2.05) is 0 Å². The molecule has 0 heterocycles. The molecule has 0 saturated carbocycles. The van der Waals surface area contributed by atoms with Crippen molar-refractivity contribution in [3.63, 3.8) is 0 Å². The molecule has 2 aromatic rings. The van der Waals surface area contributed by atoms with E-state index in [1.54, 1.807) is 26.0 Å². The first-order chi connectivity index (χ1) is 13.6. The second-order valence-corrected chi connectivity index (χ2v) is 5.99. The maximum Gasteiger partial charge on any atom is 0.271 e. The summed E-state index contributed by atoms with van der Waals surface area (Å²) in [4.78, 5) is 28.8. The summed E-state index contributed by atoms with van der Waals surface area (Å²) in [5.41, 5.74) is 7.27. The minimum atomic E-state index is -0.513. The molecule has 0 fully saturated rings. The van der Waals surface area contributed by atoms with Crippen LogP contribution in [0.4, 0.5) is 22.7 Å². The molecule has 4 N–H and O–H groups in total. The van der Waals surface area contributed by atoms with Crippen molar-refractivity contribution in [2.24, 2.45) is 15.7 Å². The quantitative estimate of drug-likeness (QED) is 0.290. The molecule has 0 radical (unpaired) electrons. The second-order valence-electron chi connectivity index (χ2n) is 5.99. The van der Waals surface area contributed by atoms with E-state index in [4.69, 9.17) is 5.73 Å². The van der Waals surface area contributed by atoms with Gasteiger partial charge >= 0.3 is 0 Å². The van der Waals surface area contributed by atoms with Crippen molar-refractivity contribution in [3.8, 4) is 0 Å². The molecule has 0 aliphatic rings. The first kappa shape index (κ1) is 21.0. The van der Waals surface area contributed by atoms with Gasteiger partial charge in [-0.3, -0.25) is 20.2 Å². The van der Waals surface area contributed by atoms with Crippen LogP contribution in [0.1, 0.15) is 12.5 Å². The van der Waals surface area contributed by atoms with E-state index >= 15 is 0 Å². The Morgan fingerprint density at radius 1 is 1.00 bits per heavy atom. The number of hydrogen-bond acceptors (Lipinski definition) is 6. The summed E-state index contributed by atoms with van der Waals surface area (Å²) < 4.78 is 0. The third kappa shape index (κ3) is 6.43. The molecule has 0 saturated heterocycles. The van der Waals surface area contributed by atoms with Crippen LogP contribution in [0.5, 0.6) is 0 Å². The van der Waals surface area contributed by atoms with Crippen molar-refractivity contribution < 1.29 is 9.85 Å². The Hall–Kier alpha value is -4.28. The maximum absolute atomic E-state index is 11.0. The SMILES string of the molecule is C=C(N=C(N)N=C(C)Nc1cc(C)cc([N+](=O)[O-])c1)Nc1cccc([N+](=O)[O-])c1. The van der Waals surface area contributed by atoms with Gasteiger partial charge in [0.05, 0.1) is 9.85 Å². The molecule has 2 aromatic carbocycles. The summed E-state index contributed by atoms with van der Waals surface area (Å²) in [5, 5.41) is 27.5. The number of nitro groups is 2. The van der Waals surface area contributed by atoms with E-state index in [-0.39, 0.29) is 23.2 Å². The smallest absolute Gasteiger partial charge is 0.271 e. The molecule has 0 spiro atoms. The molecule has 150 valence electrons. The van der Waals surface area contributed by atoms with Crippen molar-refractivity contribution in [2.75, 3.05) is 10.6 Å². The van der Waals surface area contributed by atoms with Crippen LogP contribution in [0, 0.1) is 27.2 Å². The summed E-state index contributed by atoms with van der Waals surface area (Å²) in [6, 6.07) is 10.4. The molecule has 0 unspecified atom stereocenters. The number of aliphatic imine (C=N–C) groups is 2. The highest BCUT2D eigenvalue weighted by Gasteiger charge is 2.09. The standard InChI is InChI=1S/C18H19N7O4/c1-11-7-15(10-17(8-11)25(28)29)21-13(3)23-18(19)22-12(2)20-14-5-4-6-16(9-14)24(26)27/h4-10,20H,2H2,1,3H3,(H3,19,21,22,23). The van der Waals surface area contributed by atoms with Crippen molar-refractivity contribution >= 4 is 34.5 Å². The lowest BCUT2D eigenvalue weighted by atomic mass is 10.2. The number of nitrogens with zero attached hydrogens (tertiary/aromatic N) is 4. The summed E-state index contributed by atoms with van der Waals surface area (Å²) in [6.45, 7) is 7.04. The van der Waals surface area contributed by atoms with Gasteiger partial charge < -0.3 is 16.4 Å². The third-order valence-corrected chi connectivity index (χ3v) is 3.48. The largest absolute Gasteiger partial charge is 0.368 e. The van der Waals surface area contributed by atoms with Gasteiger partial charge in [-0.05, 0) is 31.5 Å². The lowest BCUT2D eigenvalue weighted by molar-refractivity contribution is -0.385. The molecular formula is C18H19N7O4. The van der Waals surface area contributed by atoms with Crippen LogP contribution >= 0.6 is 0 Å². The number of nitrogens with one attached hydrogen (secondary N) is 2. The average Bonchev–Trinajstić information content (AvgIpc) is 2.60. The van der Waals surface area contributed by atoms with Gasteiger partial charge in [0, 0.05) is 35.6 Å². The van der Waals surface area contributed by atoms with E-state index in [9.17, 15) is 20.2 Å². The summed E-state index contributed by atoms with van der Waals surface area (Å²) in [6.07, 6.45) is 0. The Labute approximate surface area is 166 Å². The first-order valence-corrected chi connectivity index (χ1v) is 8.27. The molecule has 29 heavy (non-hydrogen) atoms. The Balaban J connectivity index is 2.08. The lowest BCUT2D eigenvalue weighted by Gasteiger charge is -2.08. The van der Waals surface area contributed by atoms with E-state index in [1.165, 1.54) is 30.3 Å². The fourth-order valence-corrected chi connectivity index (χ4v) is 2.40. The number of benzene rings is 2. The topological polar surface area (TPSA) is 161 Å². The zero-order valence-electron chi connectivity index (χ0n) is 15.7. The minimum Gasteiger partial charge on any atom is -0.368 e. The highest BCUT2D eigenvalue weighted by molar-refractivity contribution is 6.01. The minimum absolute atomic E-state index is 0.0449. The molecule has 11 heteroatoms. The van der Waals surface area contributed by atoms with Gasteiger partial charge in [0.25, 0.3) is 11.4 Å². The van der Waals surface area contributed by atoms with Crippen molar-refractivity contribution in [2.45, 2.75) is 13.8 Å². The summed E-state index contributed by atoms with van der Waals surface area (Å²) >= 11 is 0. The van der Waals surface area contributed by atoms with Crippen LogP contribution in [0.2, 0.25) is 0 Å². The maximum atomic E-state index is 11.0. The fourth-order valence-electron chi connectivity index (χ4n) is 2.40. The van der Waals surface area contributed by atoms with E-state index in [0.717, 1.165) is 0 Å². The zero-order valence-corrected chi connectivity index (χ0v) is 15.7. The number of hydrogen-bond donors (Lipinski definition) is 3. The number of anilines is 2. The number of aryl methyl sites for hydroxylation is 1. The van der Waals surface area contributed by atoms with Crippen LogP contribution in [-0.2, 0) is 0 Å². The van der Waals surface area contributed by atoms with Gasteiger partial charge in [-0.1, -0.05) is 12.6 Å². The van der Waals surface area contributed by atoms with Crippen LogP contribution < -0.4 is 16.4 Å². The van der Waals surface area contributed by atoms with Gasteiger partial charge in [0.2, 0.25) is 5.96 Å². The van der Waals surface area contributed by atoms with Crippen molar-refractivity contribution in [1.29, 1.82) is 0 Å². The fraction of sp³-hybridized carbons (Fsp3) is 0.111. The Kier molecular flexibility index (Phi) is 6.58. The van der Waals surface area contributed by atoms with E-state index in [2.05, 4.69) is 27.2 Å². The van der Waals surface area contributed by atoms with Gasteiger partial charge in [-0.25, -0.2) is 4.99 Å². The highest BCUT2D eigenvalue weighted by atomic mass is 16.6. The first-order valence-electron chi connectivity index (χ1n) is 8.27. The molecule has 11 nitrogen and oxygen atoms in total. The Morgan fingerprint density at radius 2 is 1.66 bits per heavy atom. The van der Waals surface area contributed by atoms with Crippen molar-refractivity contribution in [3.05, 3.63) is 80.7 Å². The number of non-ortho nitro benzene ring substituents is 2. The highest BCUT2D eigenvalue weighted by Crippen LogP contribution is 2.21. The molecule has 0 atom stereocenters. The van der Waals surface area contributed by atoms with E-state index < -0.39 is 9.85 Å². The van der Waals surface area contributed by atoms with Gasteiger partial charge in [0.15, 0.2) is 0 Å². The Morgan fingerprint density at radius 3 is 2.31 bits per heavy atom. The van der Waals surface area contributed by atoms with Gasteiger partial charge in [-0.2, -0.15) is 4.99 Å². The number of amidine groups is 1. The summed E-state index contributed by atoms with van der Waals surface area (Å²) in [7, 11) is 0. The van der Waals surface area contributed by atoms with Crippen LogP contribution in [0.15, 0.2) is 64.8 Å². The molecule has 0 bridgehead atoms. The van der Waals surface area contributed by atoms with Gasteiger partial charge in [0.1, 0.15) is 11.7 Å². The number of nitro benzene ring substituents is 2. The predicted molar refractivity (Wildman–Crippen MR) is 112 cm³/mol. The molecule has 0 amide bonds. The van der Waals surface area contributed by atoms with Crippen LogP contribution in [0.3, 0.4) is 0 Å². The Bertz CT molecular complexity index is 1030. The summed E-state index contributed by atoms with van der Waals surface area (Å²) in [5.74, 6) is 0.361.